The van der Waals surface area contributed by atoms with Crippen LogP contribution in [-0.4, -0.2) is 25.4 Å². The number of carbonyl (C=O) groups excluding carboxylic acids is 2. The van der Waals surface area contributed by atoms with Gasteiger partial charge in [0.2, 0.25) is 5.91 Å². The average Bonchev–Trinajstić information content (AvgIpc) is 2.66. The molecule has 2 rings (SSSR count). The summed E-state index contributed by atoms with van der Waals surface area (Å²) in [5, 5.41) is 2.85. The maximum atomic E-state index is 12.2. The molecule has 1 N–H and O–H groups in total. The fourth-order valence-corrected chi connectivity index (χ4v) is 2.56. The third-order valence-electron chi connectivity index (χ3n) is 3.86. The zero-order valence-electron chi connectivity index (χ0n) is 15.3. The molecular weight excluding hydrogens is 330 g/mol. The van der Waals surface area contributed by atoms with Crippen molar-refractivity contribution in [3.63, 3.8) is 0 Å². The summed E-state index contributed by atoms with van der Waals surface area (Å²) < 4.78 is 10.5. The monoisotopic (exact) mass is 355 g/mol. The summed E-state index contributed by atoms with van der Waals surface area (Å²) in [5.41, 5.74) is 2.66. The van der Waals surface area contributed by atoms with Crippen LogP contribution in [0.4, 0.5) is 0 Å². The van der Waals surface area contributed by atoms with Crippen molar-refractivity contribution < 1.29 is 19.1 Å². The summed E-state index contributed by atoms with van der Waals surface area (Å²) in [4.78, 5) is 24.2. The molecule has 0 radical (unpaired) electrons. The number of carbonyl (C=O) groups is 2. The van der Waals surface area contributed by atoms with Gasteiger partial charge in [0.25, 0.3) is 0 Å². The van der Waals surface area contributed by atoms with E-state index in [1.54, 1.807) is 31.4 Å². The number of methoxy groups -OCH3 is 1. The predicted molar refractivity (Wildman–Crippen MR) is 100 cm³/mol. The number of hydrogen-bond donors (Lipinski definition) is 1. The SMILES string of the molecule is CCOc1ccc(C(=O)CCC(=O)NCc2cccc(COC)c2)cc1. The van der Waals surface area contributed by atoms with Gasteiger partial charge in [-0.2, -0.15) is 0 Å². The van der Waals surface area contributed by atoms with Crippen molar-refractivity contribution in [3.05, 3.63) is 65.2 Å². The van der Waals surface area contributed by atoms with E-state index in [-0.39, 0.29) is 24.5 Å². The van der Waals surface area contributed by atoms with Crippen LogP contribution in [-0.2, 0) is 22.7 Å². The Morgan fingerprint density at radius 1 is 1.00 bits per heavy atom. The topological polar surface area (TPSA) is 64.6 Å². The standard InChI is InChI=1S/C21H25NO4/c1-3-26-19-9-7-18(8-10-19)20(23)11-12-21(24)22-14-16-5-4-6-17(13-16)15-25-2/h4-10,13H,3,11-12,14-15H2,1-2H3,(H,22,24). The molecule has 0 bridgehead atoms. The highest BCUT2D eigenvalue weighted by molar-refractivity contribution is 5.98. The third-order valence-corrected chi connectivity index (χ3v) is 3.86. The van der Waals surface area contributed by atoms with Gasteiger partial charge in [0, 0.05) is 32.1 Å². The number of Topliss-reactive ketones (excluding diaryl/α,β-unsaturated/α-hetero) is 1. The van der Waals surface area contributed by atoms with Crippen molar-refractivity contribution in [1.29, 1.82) is 0 Å². The van der Waals surface area contributed by atoms with Gasteiger partial charge in [-0.05, 0) is 42.3 Å². The van der Waals surface area contributed by atoms with Gasteiger partial charge in [-0.25, -0.2) is 0 Å². The maximum Gasteiger partial charge on any atom is 0.220 e. The molecule has 2 aromatic rings. The highest BCUT2D eigenvalue weighted by Crippen LogP contribution is 2.14. The first kappa shape index (κ1) is 19.7. The van der Waals surface area contributed by atoms with E-state index in [2.05, 4.69) is 5.32 Å². The van der Waals surface area contributed by atoms with Gasteiger partial charge in [-0.3, -0.25) is 9.59 Å². The molecule has 0 aliphatic rings. The lowest BCUT2D eigenvalue weighted by atomic mass is 10.1. The average molecular weight is 355 g/mol. The van der Waals surface area contributed by atoms with E-state index in [1.807, 2.05) is 31.2 Å². The van der Waals surface area contributed by atoms with Gasteiger partial charge < -0.3 is 14.8 Å². The van der Waals surface area contributed by atoms with Crippen molar-refractivity contribution in [1.82, 2.24) is 5.32 Å². The van der Waals surface area contributed by atoms with E-state index in [1.165, 1.54) is 0 Å². The summed E-state index contributed by atoms with van der Waals surface area (Å²) in [6, 6.07) is 14.8. The second-order valence-electron chi connectivity index (χ2n) is 5.91. The van der Waals surface area contributed by atoms with Crippen molar-refractivity contribution in [2.45, 2.75) is 32.9 Å². The first-order chi connectivity index (χ1) is 12.6. The van der Waals surface area contributed by atoms with Crippen LogP contribution in [0.1, 0.15) is 41.3 Å². The Bertz CT molecular complexity index is 725. The van der Waals surface area contributed by atoms with Crippen LogP contribution in [0.5, 0.6) is 5.75 Å². The van der Waals surface area contributed by atoms with E-state index in [9.17, 15) is 9.59 Å². The van der Waals surface area contributed by atoms with Gasteiger partial charge >= 0.3 is 0 Å². The molecule has 138 valence electrons. The molecule has 0 atom stereocenters. The Morgan fingerprint density at radius 2 is 1.73 bits per heavy atom. The van der Waals surface area contributed by atoms with Gasteiger partial charge in [-0.1, -0.05) is 24.3 Å². The van der Waals surface area contributed by atoms with Crippen molar-refractivity contribution >= 4 is 11.7 Å². The highest BCUT2D eigenvalue weighted by Gasteiger charge is 2.09. The fourth-order valence-electron chi connectivity index (χ4n) is 2.56. The summed E-state index contributed by atoms with van der Waals surface area (Å²) in [6.45, 7) is 3.47. The molecule has 0 aromatic heterocycles. The van der Waals surface area contributed by atoms with Crippen LogP contribution in [0, 0.1) is 0 Å². The molecule has 0 heterocycles. The second-order valence-corrected chi connectivity index (χ2v) is 5.91. The summed E-state index contributed by atoms with van der Waals surface area (Å²) in [5.74, 6) is 0.546. The van der Waals surface area contributed by atoms with Gasteiger partial charge in [-0.15, -0.1) is 0 Å². The fraction of sp³-hybridized carbons (Fsp3) is 0.333. The molecule has 5 heteroatoms. The van der Waals surface area contributed by atoms with E-state index < -0.39 is 0 Å². The Morgan fingerprint density at radius 3 is 2.42 bits per heavy atom. The van der Waals surface area contributed by atoms with Crippen LogP contribution in [0.25, 0.3) is 0 Å². The lowest BCUT2D eigenvalue weighted by Gasteiger charge is -2.07. The minimum atomic E-state index is -0.138. The maximum absolute atomic E-state index is 12.2. The van der Waals surface area contributed by atoms with Crippen LogP contribution in [0.3, 0.4) is 0 Å². The number of ether oxygens (including phenoxy) is 2. The second kappa shape index (κ2) is 10.4. The van der Waals surface area contributed by atoms with Crippen LogP contribution < -0.4 is 10.1 Å². The van der Waals surface area contributed by atoms with Gasteiger partial charge in [0.05, 0.1) is 13.2 Å². The first-order valence-corrected chi connectivity index (χ1v) is 8.72. The lowest BCUT2D eigenvalue weighted by Crippen LogP contribution is -2.23. The third kappa shape index (κ3) is 6.33. The largest absolute Gasteiger partial charge is 0.494 e. The normalized spacial score (nSPS) is 10.4. The molecule has 0 aliphatic carbocycles. The molecule has 0 saturated carbocycles. The van der Waals surface area contributed by atoms with Crippen molar-refractivity contribution in [2.24, 2.45) is 0 Å². The number of nitrogens with one attached hydrogen (secondary N) is 1. The molecule has 0 aliphatic heterocycles. The molecule has 5 nitrogen and oxygen atoms in total. The molecular formula is C21H25NO4. The van der Waals surface area contributed by atoms with E-state index in [0.29, 0.717) is 25.3 Å². The van der Waals surface area contributed by atoms with E-state index in [4.69, 9.17) is 9.47 Å². The highest BCUT2D eigenvalue weighted by atomic mass is 16.5. The van der Waals surface area contributed by atoms with Crippen LogP contribution >= 0.6 is 0 Å². The molecule has 2 aromatic carbocycles. The van der Waals surface area contributed by atoms with E-state index >= 15 is 0 Å². The Hall–Kier alpha value is -2.66. The first-order valence-electron chi connectivity index (χ1n) is 8.72. The number of hydrogen-bond acceptors (Lipinski definition) is 4. The number of ketones is 1. The number of benzene rings is 2. The van der Waals surface area contributed by atoms with Gasteiger partial charge in [0.15, 0.2) is 5.78 Å². The zero-order chi connectivity index (χ0) is 18.8. The molecule has 0 spiro atoms. The Labute approximate surface area is 154 Å². The quantitative estimate of drug-likeness (QED) is 0.663. The number of amides is 1. The van der Waals surface area contributed by atoms with Crippen LogP contribution in [0.2, 0.25) is 0 Å². The summed E-state index contributed by atoms with van der Waals surface area (Å²) in [6.07, 6.45) is 0.354. The molecule has 0 unspecified atom stereocenters. The Balaban J connectivity index is 1.77. The van der Waals surface area contributed by atoms with E-state index in [0.717, 1.165) is 16.9 Å². The predicted octanol–water partition coefficient (Wildman–Crippen LogP) is 3.51. The summed E-state index contributed by atoms with van der Waals surface area (Å²) in [7, 11) is 1.65. The van der Waals surface area contributed by atoms with Gasteiger partial charge in [0.1, 0.15) is 5.75 Å². The number of rotatable bonds is 10. The molecule has 0 fully saturated rings. The lowest BCUT2D eigenvalue weighted by molar-refractivity contribution is -0.121. The minimum absolute atomic E-state index is 0.0507. The molecule has 1 amide bonds. The van der Waals surface area contributed by atoms with Crippen molar-refractivity contribution in [2.75, 3.05) is 13.7 Å². The van der Waals surface area contributed by atoms with Crippen molar-refractivity contribution in [3.8, 4) is 5.75 Å². The minimum Gasteiger partial charge on any atom is -0.494 e. The summed E-state index contributed by atoms with van der Waals surface area (Å²) >= 11 is 0. The zero-order valence-corrected chi connectivity index (χ0v) is 15.3. The molecule has 26 heavy (non-hydrogen) atoms. The Kier molecular flexibility index (Phi) is 7.83. The smallest absolute Gasteiger partial charge is 0.220 e. The van der Waals surface area contributed by atoms with Crippen LogP contribution in [0.15, 0.2) is 48.5 Å². The molecule has 0 saturated heterocycles.